The number of benzene rings is 1. The van der Waals surface area contributed by atoms with Crippen LogP contribution < -0.4 is 10.1 Å². The summed E-state index contributed by atoms with van der Waals surface area (Å²) in [6, 6.07) is 6.60. The Morgan fingerprint density at radius 2 is 1.84 bits per heavy atom. The maximum atomic E-state index is 5.52. The third-order valence-corrected chi connectivity index (χ3v) is 3.86. The number of rotatable bonds is 7. The van der Waals surface area contributed by atoms with Crippen LogP contribution in [0.4, 0.5) is 0 Å². The first-order valence-electron chi connectivity index (χ1n) is 7.31. The predicted molar refractivity (Wildman–Crippen MR) is 83.0 cm³/mol. The van der Waals surface area contributed by atoms with Crippen molar-refractivity contribution < 1.29 is 4.74 Å². The molecule has 19 heavy (non-hydrogen) atoms. The van der Waals surface area contributed by atoms with E-state index in [-0.39, 0.29) is 0 Å². The summed E-state index contributed by atoms with van der Waals surface area (Å²) in [6.07, 6.45) is 1.07. The smallest absolute Gasteiger partial charge is 0.122 e. The van der Waals surface area contributed by atoms with Crippen molar-refractivity contribution >= 4 is 0 Å². The Kier molecular flexibility index (Phi) is 6.36. The van der Waals surface area contributed by atoms with Gasteiger partial charge < -0.3 is 10.1 Å². The molecule has 0 fully saturated rings. The lowest BCUT2D eigenvalue weighted by Crippen LogP contribution is -2.25. The molecule has 0 aliphatic heterocycles. The summed E-state index contributed by atoms with van der Waals surface area (Å²) in [5.41, 5.74) is 2.73. The Hall–Kier alpha value is -1.02. The van der Waals surface area contributed by atoms with E-state index < -0.39 is 0 Å². The molecule has 1 aromatic carbocycles. The van der Waals surface area contributed by atoms with Crippen LogP contribution in [0.25, 0.3) is 0 Å². The lowest BCUT2D eigenvalue weighted by Gasteiger charge is -2.22. The number of hydrogen-bond acceptors (Lipinski definition) is 2. The van der Waals surface area contributed by atoms with E-state index in [0.29, 0.717) is 17.8 Å². The van der Waals surface area contributed by atoms with Crippen LogP contribution in [0.5, 0.6) is 5.75 Å². The molecule has 0 saturated heterocycles. The molecular weight excluding hydrogens is 234 g/mol. The first-order chi connectivity index (χ1) is 8.99. The molecule has 1 unspecified atom stereocenters. The summed E-state index contributed by atoms with van der Waals surface area (Å²) in [5, 5.41) is 3.30. The van der Waals surface area contributed by atoms with Crippen LogP contribution in [0.2, 0.25) is 0 Å². The second-order valence-corrected chi connectivity index (χ2v) is 5.99. The van der Waals surface area contributed by atoms with E-state index >= 15 is 0 Å². The summed E-state index contributed by atoms with van der Waals surface area (Å²) in [6.45, 7) is 10.1. The van der Waals surface area contributed by atoms with Gasteiger partial charge in [0, 0.05) is 0 Å². The van der Waals surface area contributed by atoms with Crippen molar-refractivity contribution in [3.8, 4) is 5.75 Å². The van der Waals surface area contributed by atoms with Crippen LogP contribution in [0.15, 0.2) is 18.2 Å². The van der Waals surface area contributed by atoms with Crippen LogP contribution in [-0.4, -0.2) is 20.7 Å². The van der Waals surface area contributed by atoms with E-state index in [2.05, 4.69) is 51.2 Å². The molecule has 2 heteroatoms. The van der Waals surface area contributed by atoms with Crippen LogP contribution >= 0.6 is 0 Å². The fraction of sp³-hybridized carbons (Fsp3) is 0.647. The molecule has 0 radical (unpaired) electrons. The lowest BCUT2D eigenvalue weighted by atomic mass is 9.87. The Morgan fingerprint density at radius 3 is 2.32 bits per heavy atom. The van der Waals surface area contributed by atoms with Gasteiger partial charge in [-0.2, -0.15) is 0 Å². The molecule has 0 saturated carbocycles. The van der Waals surface area contributed by atoms with E-state index in [1.54, 1.807) is 7.11 Å². The summed E-state index contributed by atoms with van der Waals surface area (Å²) < 4.78 is 5.52. The SMILES string of the molecule is CNCC(Cc1cc(C(C)C)ccc1OC)C(C)C. The van der Waals surface area contributed by atoms with Crippen molar-refractivity contribution in [2.24, 2.45) is 11.8 Å². The molecule has 0 amide bonds. The largest absolute Gasteiger partial charge is 0.496 e. The Labute approximate surface area is 118 Å². The zero-order valence-corrected chi connectivity index (χ0v) is 13.3. The predicted octanol–water partition coefficient (Wildman–Crippen LogP) is 3.85. The lowest BCUT2D eigenvalue weighted by molar-refractivity contribution is 0.358. The van der Waals surface area contributed by atoms with Gasteiger partial charge in [-0.25, -0.2) is 0 Å². The Balaban J connectivity index is 2.98. The topological polar surface area (TPSA) is 21.3 Å². The quantitative estimate of drug-likeness (QED) is 0.806. The molecule has 2 nitrogen and oxygen atoms in total. The van der Waals surface area contributed by atoms with Gasteiger partial charge in [0.15, 0.2) is 0 Å². The normalized spacial score (nSPS) is 13.1. The zero-order chi connectivity index (χ0) is 14.4. The van der Waals surface area contributed by atoms with E-state index in [1.807, 2.05) is 7.05 Å². The van der Waals surface area contributed by atoms with Crippen LogP contribution in [0, 0.1) is 11.8 Å². The van der Waals surface area contributed by atoms with Gasteiger partial charge in [-0.05, 0) is 55.0 Å². The van der Waals surface area contributed by atoms with Crippen LogP contribution in [-0.2, 0) is 6.42 Å². The summed E-state index contributed by atoms with van der Waals surface area (Å²) in [5.74, 6) is 2.89. The summed E-state index contributed by atoms with van der Waals surface area (Å²) in [7, 11) is 3.79. The number of nitrogens with one attached hydrogen (secondary N) is 1. The minimum Gasteiger partial charge on any atom is -0.496 e. The molecule has 1 atom stereocenters. The highest BCUT2D eigenvalue weighted by atomic mass is 16.5. The van der Waals surface area contributed by atoms with Gasteiger partial charge in [0.2, 0.25) is 0 Å². The molecule has 0 aliphatic rings. The molecule has 1 N–H and O–H groups in total. The fourth-order valence-electron chi connectivity index (χ4n) is 2.41. The fourth-order valence-corrected chi connectivity index (χ4v) is 2.41. The van der Waals surface area contributed by atoms with Crippen molar-refractivity contribution in [1.29, 1.82) is 0 Å². The molecule has 0 aliphatic carbocycles. The van der Waals surface area contributed by atoms with Crippen LogP contribution in [0.3, 0.4) is 0 Å². The van der Waals surface area contributed by atoms with E-state index in [1.165, 1.54) is 11.1 Å². The van der Waals surface area contributed by atoms with Gasteiger partial charge in [0.1, 0.15) is 5.75 Å². The zero-order valence-electron chi connectivity index (χ0n) is 13.3. The Morgan fingerprint density at radius 1 is 1.16 bits per heavy atom. The third-order valence-electron chi connectivity index (χ3n) is 3.86. The second-order valence-electron chi connectivity index (χ2n) is 5.99. The first-order valence-corrected chi connectivity index (χ1v) is 7.31. The highest BCUT2D eigenvalue weighted by Crippen LogP contribution is 2.28. The molecule has 0 bridgehead atoms. The van der Waals surface area contributed by atoms with Crippen molar-refractivity contribution in [1.82, 2.24) is 5.32 Å². The van der Waals surface area contributed by atoms with Gasteiger partial charge in [-0.15, -0.1) is 0 Å². The number of hydrogen-bond donors (Lipinski definition) is 1. The first kappa shape index (κ1) is 16.0. The maximum Gasteiger partial charge on any atom is 0.122 e. The molecule has 0 spiro atoms. The van der Waals surface area contributed by atoms with Gasteiger partial charge in [0.05, 0.1) is 7.11 Å². The second kappa shape index (κ2) is 7.54. The van der Waals surface area contributed by atoms with Gasteiger partial charge in [-0.1, -0.05) is 39.8 Å². The summed E-state index contributed by atoms with van der Waals surface area (Å²) in [4.78, 5) is 0. The molecular formula is C17H29NO. The third kappa shape index (κ3) is 4.54. The van der Waals surface area contributed by atoms with Gasteiger partial charge in [-0.3, -0.25) is 0 Å². The highest BCUT2D eigenvalue weighted by Gasteiger charge is 2.16. The average Bonchev–Trinajstić information content (AvgIpc) is 2.37. The monoisotopic (exact) mass is 263 g/mol. The summed E-state index contributed by atoms with van der Waals surface area (Å²) >= 11 is 0. The van der Waals surface area contributed by atoms with Crippen molar-refractivity contribution in [3.05, 3.63) is 29.3 Å². The minimum absolute atomic E-state index is 0.562. The molecule has 1 rings (SSSR count). The van der Waals surface area contributed by atoms with Crippen LogP contribution in [0.1, 0.15) is 44.7 Å². The van der Waals surface area contributed by atoms with E-state index in [4.69, 9.17) is 4.74 Å². The molecule has 0 heterocycles. The van der Waals surface area contributed by atoms with Crippen molar-refractivity contribution in [3.63, 3.8) is 0 Å². The Bertz CT molecular complexity index is 385. The maximum absolute atomic E-state index is 5.52. The molecule has 0 aromatic heterocycles. The van der Waals surface area contributed by atoms with Crippen molar-refractivity contribution in [2.45, 2.75) is 40.0 Å². The number of methoxy groups -OCH3 is 1. The van der Waals surface area contributed by atoms with Gasteiger partial charge in [0.25, 0.3) is 0 Å². The highest BCUT2D eigenvalue weighted by molar-refractivity contribution is 5.38. The standard InChI is InChI=1S/C17H29NO/c1-12(2)14-7-8-17(19-6)15(9-14)10-16(11-18-5)13(3)4/h7-9,12-13,16,18H,10-11H2,1-6H3. The average molecular weight is 263 g/mol. The van der Waals surface area contributed by atoms with Gasteiger partial charge >= 0.3 is 0 Å². The van der Waals surface area contributed by atoms with E-state index in [9.17, 15) is 0 Å². The minimum atomic E-state index is 0.562. The molecule has 108 valence electrons. The van der Waals surface area contributed by atoms with E-state index in [0.717, 1.165) is 18.7 Å². The number of ether oxygens (including phenoxy) is 1. The van der Waals surface area contributed by atoms with Crippen molar-refractivity contribution in [2.75, 3.05) is 20.7 Å². The molecule has 1 aromatic rings.